The number of benzene rings is 1. The van der Waals surface area contributed by atoms with Gasteiger partial charge in [-0.2, -0.15) is 0 Å². The van der Waals surface area contributed by atoms with Gasteiger partial charge >= 0.3 is 0 Å². The van der Waals surface area contributed by atoms with E-state index in [9.17, 15) is 9.18 Å². The van der Waals surface area contributed by atoms with Crippen molar-refractivity contribution in [1.82, 2.24) is 5.32 Å². The third-order valence-electron chi connectivity index (χ3n) is 3.07. The SMILES string of the molecule is Cc1cccc(C(=O)NC2(C)CCOC2)c1F. The van der Waals surface area contributed by atoms with Gasteiger partial charge in [-0.1, -0.05) is 12.1 Å². The van der Waals surface area contributed by atoms with Gasteiger partial charge in [-0.05, 0) is 31.9 Å². The number of ether oxygens (including phenoxy) is 1. The van der Waals surface area contributed by atoms with Crippen molar-refractivity contribution in [2.24, 2.45) is 0 Å². The number of hydrogen-bond acceptors (Lipinski definition) is 2. The van der Waals surface area contributed by atoms with E-state index >= 15 is 0 Å². The molecule has 0 aliphatic carbocycles. The van der Waals surface area contributed by atoms with E-state index in [1.54, 1.807) is 19.1 Å². The van der Waals surface area contributed by atoms with E-state index in [4.69, 9.17) is 4.74 Å². The molecular weight excluding hydrogens is 221 g/mol. The summed E-state index contributed by atoms with van der Waals surface area (Å²) in [6, 6.07) is 4.82. The van der Waals surface area contributed by atoms with E-state index < -0.39 is 5.82 Å². The predicted molar refractivity (Wildman–Crippen MR) is 62.4 cm³/mol. The minimum atomic E-state index is -0.451. The molecule has 1 aromatic rings. The molecule has 1 aromatic carbocycles. The van der Waals surface area contributed by atoms with E-state index in [1.807, 2.05) is 6.92 Å². The van der Waals surface area contributed by atoms with Crippen LogP contribution in [0.5, 0.6) is 0 Å². The lowest BCUT2D eigenvalue weighted by molar-refractivity contribution is 0.0885. The fourth-order valence-electron chi connectivity index (χ4n) is 1.93. The molecule has 1 heterocycles. The first-order valence-electron chi connectivity index (χ1n) is 5.67. The first-order chi connectivity index (χ1) is 8.02. The maximum absolute atomic E-state index is 13.8. The number of rotatable bonds is 2. The zero-order chi connectivity index (χ0) is 12.5. The van der Waals surface area contributed by atoms with Gasteiger partial charge in [0.15, 0.2) is 0 Å². The van der Waals surface area contributed by atoms with Gasteiger partial charge in [-0.25, -0.2) is 4.39 Å². The van der Waals surface area contributed by atoms with Crippen LogP contribution < -0.4 is 5.32 Å². The highest BCUT2D eigenvalue weighted by atomic mass is 19.1. The van der Waals surface area contributed by atoms with Crippen LogP contribution >= 0.6 is 0 Å². The molecule has 3 nitrogen and oxygen atoms in total. The summed E-state index contributed by atoms with van der Waals surface area (Å²) in [6.07, 6.45) is 0.756. The maximum atomic E-state index is 13.8. The van der Waals surface area contributed by atoms with Crippen molar-refractivity contribution in [1.29, 1.82) is 0 Å². The Hall–Kier alpha value is -1.42. The Morgan fingerprint density at radius 1 is 1.53 bits per heavy atom. The molecule has 0 aromatic heterocycles. The van der Waals surface area contributed by atoms with Gasteiger partial charge in [0.05, 0.1) is 17.7 Å². The van der Waals surface area contributed by atoms with Crippen LogP contribution in [0.25, 0.3) is 0 Å². The molecular formula is C13H16FNO2. The van der Waals surface area contributed by atoms with Gasteiger partial charge in [0, 0.05) is 6.61 Å². The normalized spacial score (nSPS) is 23.7. The van der Waals surface area contributed by atoms with Crippen molar-refractivity contribution in [3.05, 3.63) is 35.1 Å². The first kappa shape index (κ1) is 12.0. The van der Waals surface area contributed by atoms with Crippen molar-refractivity contribution < 1.29 is 13.9 Å². The Morgan fingerprint density at radius 2 is 2.29 bits per heavy atom. The minimum absolute atomic E-state index is 0.0955. The van der Waals surface area contributed by atoms with Gasteiger partial charge in [0.1, 0.15) is 5.82 Å². The lowest BCUT2D eigenvalue weighted by Gasteiger charge is -2.23. The average molecular weight is 237 g/mol. The Labute approximate surface area is 100.0 Å². The quantitative estimate of drug-likeness (QED) is 0.854. The molecule has 92 valence electrons. The predicted octanol–water partition coefficient (Wildman–Crippen LogP) is 2.04. The zero-order valence-electron chi connectivity index (χ0n) is 10.0. The second kappa shape index (κ2) is 4.45. The van der Waals surface area contributed by atoms with Crippen molar-refractivity contribution in [2.75, 3.05) is 13.2 Å². The molecule has 1 fully saturated rings. The van der Waals surface area contributed by atoms with Crippen molar-refractivity contribution >= 4 is 5.91 Å². The number of nitrogens with one attached hydrogen (secondary N) is 1. The topological polar surface area (TPSA) is 38.3 Å². The Balaban J connectivity index is 2.17. The van der Waals surface area contributed by atoms with Gasteiger partial charge in [0.2, 0.25) is 0 Å². The molecule has 1 amide bonds. The van der Waals surface area contributed by atoms with Crippen molar-refractivity contribution in [3.8, 4) is 0 Å². The molecule has 0 bridgehead atoms. The fourth-order valence-corrected chi connectivity index (χ4v) is 1.93. The Morgan fingerprint density at radius 3 is 2.94 bits per heavy atom. The summed E-state index contributed by atoms with van der Waals surface area (Å²) in [4.78, 5) is 12.0. The molecule has 17 heavy (non-hydrogen) atoms. The summed E-state index contributed by atoms with van der Waals surface area (Å²) in [5.41, 5.74) is 0.191. The summed E-state index contributed by atoms with van der Waals surface area (Å²) in [7, 11) is 0. The molecule has 0 spiro atoms. The van der Waals surface area contributed by atoms with Gasteiger partial charge in [-0.3, -0.25) is 4.79 Å². The molecule has 1 N–H and O–H groups in total. The molecule has 0 saturated carbocycles. The summed E-state index contributed by atoms with van der Waals surface area (Å²) >= 11 is 0. The zero-order valence-corrected chi connectivity index (χ0v) is 10.0. The molecule has 1 saturated heterocycles. The first-order valence-corrected chi connectivity index (χ1v) is 5.67. The second-order valence-electron chi connectivity index (χ2n) is 4.75. The smallest absolute Gasteiger partial charge is 0.254 e. The second-order valence-corrected chi connectivity index (χ2v) is 4.75. The van der Waals surface area contributed by atoms with E-state index in [-0.39, 0.29) is 17.0 Å². The van der Waals surface area contributed by atoms with Crippen LogP contribution in [-0.4, -0.2) is 24.7 Å². The van der Waals surface area contributed by atoms with E-state index in [0.29, 0.717) is 18.8 Å². The third-order valence-corrected chi connectivity index (χ3v) is 3.07. The lowest BCUT2D eigenvalue weighted by atomic mass is 10.0. The van der Waals surface area contributed by atoms with E-state index in [0.717, 1.165) is 6.42 Å². The highest BCUT2D eigenvalue weighted by molar-refractivity contribution is 5.95. The largest absolute Gasteiger partial charge is 0.379 e. The van der Waals surface area contributed by atoms with Crippen LogP contribution in [0.15, 0.2) is 18.2 Å². The summed E-state index contributed by atoms with van der Waals surface area (Å²) < 4.78 is 19.0. The maximum Gasteiger partial charge on any atom is 0.254 e. The molecule has 0 radical (unpaired) electrons. The number of carbonyl (C=O) groups is 1. The van der Waals surface area contributed by atoms with Crippen molar-refractivity contribution in [2.45, 2.75) is 25.8 Å². The highest BCUT2D eigenvalue weighted by Crippen LogP contribution is 2.19. The van der Waals surface area contributed by atoms with Crippen LogP contribution in [-0.2, 0) is 4.74 Å². The van der Waals surface area contributed by atoms with Crippen molar-refractivity contribution in [3.63, 3.8) is 0 Å². The summed E-state index contributed by atoms with van der Waals surface area (Å²) in [5.74, 6) is -0.827. The molecule has 1 atom stereocenters. The molecule has 1 aliphatic heterocycles. The number of halogens is 1. The summed E-state index contributed by atoms with van der Waals surface area (Å²) in [5, 5.41) is 2.84. The van der Waals surface area contributed by atoms with Crippen LogP contribution in [0.3, 0.4) is 0 Å². The molecule has 4 heteroatoms. The van der Waals surface area contributed by atoms with Gasteiger partial charge < -0.3 is 10.1 Å². The number of carbonyl (C=O) groups excluding carboxylic acids is 1. The number of amides is 1. The third kappa shape index (κ3) is 2.47. The summed E-state index contributed by atoms with van der Waals surface area (Å²) in [6.45, 7) is 4.66. The fraction of sp³-hybridized carbons (Fsp3) is 0.462. The Kier molecular flexibility index (Phi) is 3.15. The number of aryl methyl sites for hydroxylation is 1. The van der Waals surface area contributed by atoms with Crippen LogP contribution in [0, 0.1) is 12.7 Å². The van der Waals surface area contributed by atoms with Crippen LogP contribution in [0.2, 0.25) is 0 Å². The molecule has 1 unspecified atom stereocenters. The van der Waals surface area contributed by atoms with Gasteiger partial charge in [-0.15, -0.1) is 0 Å². The Bertz CT molecular complexity index is 439. The van der Waals surface area contributed by atoms with E-state index in [2.05, 4.69) is 5.32 Å². The molecule has 2 rings (SSSR count). The minimum Gasteiger partial charge on any atom is -0.379 e. The van der Waals surface area contributed by atoms with Crippen LogP contribution in [0.4, 0.5) is 4.39 Å². The standard InChI is InChI=1S/C13H16FNO2/c1-9-4-3-5-10(11(9)14)12(16)15-13(2)6-7-17-8-13/h3-5H,6-8H2,1-2H3,(H,15,16). The van der Waals surface area contributed by atoms with Crippen LogP contribution in [0.1, 0.15) is 29.3 Å². The van der Waals surface area contributed by atoms with Gasteiger partial charge in [0.25, 0.3) is 5.91 Å². The highest BCUT2D eigenvalue weighted by Gasteiger charge is 2.32. The average Bonchev–Trinajstić information content (AvgIpc) is 2.68. The van der Waals surface area contributed by atoms with E-state index in [1.165, 1.54) is 6.07 Å². The monoisotopic (exact) mass is 237 g/mol. The number of hydrogen-bond donors (Lipinski definition) is 1. The lowest BCUT2D eigenvalue weighted by Crippen LogP contribution is -2.46. The molecule has 1 aliphatic rings.